The van der Waals surface area contributed by atoms with Gasteiger partial charge >= 0.3 is 5.97 Å². The third kappa shape index (κ3) is 5.32. The molecule has 0 radical (unpaired) electrons. The molecule has 0 bridgehead atoms. The normalized spacial score (nSPS) is 14.1. The molecule has 7 nitrogen and oxygen atoms in total. The zero-order valence-electron chi connectivity index (χ0n) is 16.3. The molecule has 1 aliphatic rings. The number of anilines is 1. The lowest BCUT2D eigenvalue weighted by molar-refractivity contribution is -0.148. The van der Waals surface area contributed by atoms with Gasteiger partial charge in [-0.05, 0) is 56.2 Å². The highest BCUT2D eigenvalue weighted by molar-refractivity contribution is 5.98. The fourth-order valence-electron chi connectivity index (χ4n) is 3.23. The predicted molar refractivity (Wildman–Crippen MR) is 107 cm³/mol. The van der Waals surface area contributed by atoms with Gasteiger partial charge in [0.15, 0.2) is 12.4 Å². The SMILES string of the molecule is CCOc1ccc(C(=O)COC(=O)C2CCN(c3ccc(C#N)cn3)CC2)cc1. The Morgan fingerprint density at radius 1 is 1.17 bits per heavy atom. The zero-order chi connectivity index (χ0) is 20.6. The van der Waals surface area contributed by atoms with E-state index in [-0.39, 0.29) is 24.3 Å². The first kappa shape index (κ1) is 20.3. The monoisotopic (exact) mass is 393 g/mol. The molecule has 2 heterocycles. The van der Waals surface area contributed by atoms with E-state index in [9.17, 15) is 9.59 Å². The van der Waals surface area contributed by atoms with E-state index in [4.69, 9.17) is 14.7 Å². The molecule has 0 amide bonds. The molecule has 150 valence electrons. The summed E-state index contributed by atoms with van der Waals surface area (Å²) in [6.07, 6.45) is 2.82. The average Bonchev–Trinajstić information content (AvgIpc) is 2.78. The van der Waals surface area contributed by atoms with Crippen LogP contribution in [-0.2, 0) is 9.53 Å². The number of ketones is 1. The Hall–Kier alpha value is -3.40. The van der Waals surface area contributed by atoms with Crippen LogP contribution in [0.15, 0.2) is 42.6 Å². The maximum Gasteiger partial charge on any atom is 0.309 e. The van der Waals surface area contributed by atoms with Gasteiger partial charge < -0.3 is 14.4 Å². The Bertz CT molecular complexity index is 880. The van der Waals surface area contributed by atoms with Crippen LogP contribution in [0.4, 0.5) is 5.82 Å². The number of pyridine rings is 1. The third-order valence-electron chi connectivity index (χ3n) is 4.86. The summed E-state index contributed by atoms with van der Waals surface area (Å²) in [5, 5.41) is 8.85. The summed E-state index contributed by atoms with van der Waals surface area (Å²) in [5.74, 6) is 0.696. The molecule has 1 aromatic carbocycles. The minimum absolute atomic E-state index is 0.224. The van der Waals surface area contributed by atoms with Crippen molar-refractivity contribution in [1.82, 2.24) is 4.98 Å². The molecule has 0 aliphatic carbocycles. The second-order valence-corrected chi connectivity index (χ2v) is 6.77. The van der Waals surface area contributed by atoms with Gasteiger partial charge in [-0.2, -0.15) is 5.26 Å². The molecule has 29 heavy (non-hydrogen) atoms. The maximum absolute atomic E-state index is 12.3. The maximum atomic E-state index is 12.3. The number of hydrogen-bond acceptors (Lipinski definition) is 7. The first-order valence-corrected chi connectivity index (χ1v) is 9.64. The first-order chi connectivity index (χ1) is 14.1. The van der Waals surface area contributed by atoms with E-state index in [2.05, 4.69) is 9.88 Å². The Morgan fingerprint density at radius 2 is 1.90 bits per heavy atom. The van der Waals surface area contributed by atoms with Crippen LogP contribution in [0.5, 0.6) is 5.75 Å². The van der Waals surface area contributed by atoms with Crippen LogP contribution in [0.1, 0.15) is 35.7 Å². The van der Waals surface area contributed by atoms with Gasteiger partial charge in [-0.15, -0.1) is 0 Å². The van der Waals surface area contributed by atoms with Crippen molar-refractivity contribution in [3.63, 3.8) is 0 Å². The van der Waals surface area contributed by atoms with Crippen molar-refractivity contribution in [2.45, 2.75) is 19.8 Å². The van der Waals surface area contributed by atoms with Gasteiger partial charge in [-0.25, -0.2) is 4.98 Å². The second kappa shape index (κ2) is 9.69. The number of aromatic nitrogens is 1. The fraction of sp³-hybridized carbons (Fsp3) is 0.364. The number of ether oxygens (including phenoxy) is 2. The summed E-state index contributed by atoms with van der Waals surface area (Å²) in [6, 6.07) is 12.4. The molecule has 0 saturated carbocycles. The summed E-state index contributed by atoms with van der Waals surface area (Å²) in [6.45, 7) is 3.54. The molecule has 1 saturated heterocycles. The van der Waals surface area contributed by atoms with E-state index in [1.54, 1.807) is 36.5 Å². The highest BCUT2D eigenvalue weighted by atomic mass is 16.5. The number of nitriles is 1. The lowest BCUT2D eigenvalue weighted by atomic mass is 9.97. The molecular weight excluding hydrogens is 370 g/mol. The summed E-state index contributed by atoms with van der Waals surface area (Å²) >= 11 is 0. The van der Waals surface area contributed by atoms with E-state index in [1.807, 2.05) is 19.1 Å². The van der Waals surface area contributed by atoms with E-state index in [0.29, 0.717) is 49.4 Å². The summed E-state index contributed by atoms with van der Waals surface area (Å²) in [5.41, 5.74) is 1.01. The molecule has 1 aromatic heterocycles. The number of carbonyl (C=O) groups is 2. The molecular formula is C22H23N3O4. The smallest absolute Gasteiger partial charge is 0.309 e. The molecule has 1 fully saturated rings. The van der Waals surface area contributed by atoms with E-state index >= 15 is 0 Å². The van der Waals surface area contributed by atoms with Gasteiger partial charge in [-0.3, -0.25) is 9.59 Å². The Kier molecular flexibility index (Phi) is 6.80. The molecule has 3 rings (SSSR count). The van der Waals surface area contributed by atoms with E-state index in [1.165, 1.54) is 0 Å². The van der Waals surface area contributed by atoms with Gasteiger partial charge in [0.1, 0.15) is 17.6 Å². The van der Waals surface area contributed by atoms with Crippen molar-refractivity contribution in [2.75, 3.05) is 31.2 Å². The quantitative estimate of drug-likeness (QED) is 0.527. The van der Waals surface area contributed by atoms with Crippen LogP contribution in [0.2, 0.25) is 0 Å². The van der Waals surface area contributed by atoms with Crippen LogP contribution in [-0.4, -0.2) is 43.0 Å². The van der Waals surface area contributed by atoms with Gasteiger partial charge in [-0.1, -0.05) is 0 Å². The van der Waals surface area contributed by atoms with Gasteiger partial charge in [0.2, 0.25) is 0 Å². The van der Waals surface area contributed by atoms with Crippen molar-refractivity contribution in [1.29, 1.82) is 5.26 Å². The third-order valence-corrected chi connectivity index (χ3v) is 4.86. The Labute approximate surface area is 169 Å². The molecule has 2 aromatic rings. The molecule has 0 unspecified atom stereocenters. The molecule has 7 heteroatoms. The highest BCUT2D eigenvalue weighted by Crippen LogP contribution is 2.23. The number of benzene rings is 1. The molecule has 0 spiro atoms. The summed E-state index contributed by atoms with van der Waals surface area (Å²) in [7, 11) is 0. The number of hydrogen-bond donors (Lipinski definition) is 0. The van der Waals surface area contributed by atoms with Crippen molar-refractivity contribution in [3.05, 3.63) is 53.7 Å². The average molecular weight is 393 g/mol. The summed E-state index contributed by atoms with van der Waals surface area (Å²) < 4.78 is 10.6. The fourth-order valence-corrected chi connectivity index (χ4v) is 3.23. The minimum atomic E-state index is -0.336. The van der Waals surface area contributed by atoms with Crippen LogP contribution < -0.4 is 9.64 Å². The minimum Gasteiger partial charge on any atom is -0.494 e. The Balaban J connectivity index is 1.45. The molecule has 1 aliphatic heterocycles. The van der Waals surface area contributed by atoms with E-state index in [0.717, 1.165) is 5.82 Å². The number of nitrogens with zero attached hydrogens (tertiary/aromatic N) is 3. The molecule has 0 N–H and O–H groups in total. The number of Topliss-reactive ketones (excluding diaryl/α,β-unsaturated/α-hetero) is 1. The van der Waals surface area contributed by atoms with Gasteiger partial charge in [0, 0.05) is 24.8 Å². The van der Waals surface area contributed by atoms with Crippen molar-refractivity contribution >= 4 is 17.6 Å². The number of rotatable bonds is 7. The lowest BCUT2D eigenvalue weighted by Crippen LogP contribution is -2.37. The Morgan fingerprint density at radius 3 is 2.48 bits per heavy atom. The largest absolute Gasteiger partial charge is 0.494 e. The van der Waals surface area contributed by atoms with Crippen LogP contribution >= 0.6 is 0 Å². The van der Waals surface area contributed by atoms with Gasteiger partial charge in [0.05, 0.1) is 18.1 Å². The van der Waals surface area contributed by atoms with Crippen molar-refractivity contribution in [3.8, 4) is 11.8 Å². The number of piperidine rings is 1. The number of esters is 1. The van der Waals surface area contributed by atoms with Gasteiger partial charge in [0.25, 0.3) is 0 Å². The van der Waals surface area contributed by atoms with Crippen LogP contribution in [0.25, 0.3) is 0 Å². The predicted octanol–water partition coefficient (Wildman–Crippen LogP) is 2.99. The molecule has 0 atom stereocenters. The topological polar surface area (TPSA) is 92.5 Å². The van der Waals surface area contributed by atoms with E-state index < -0.39 is 0 Å². The van der Waals surface area contributed by atoms with Crippen molar-refractivity contribution in [2.24, 2.45) is 5.92 Å². The highest BCUT2D eigenvalue weighted by Gasteiger charge is 2.27. The first-order valence-electron chi connectivity index (χ1n) is 9.64. The summed E-state index contributed by atoms with van der Waals surface area (Å²) in [4.78, 5) is 30.9. The second-order valence-electron chi connectivity index (χ2n) is 6.77. The van der Waals surface area contributed by atoms with Crippen molar-refractivity contribution < 1.29 is 19.1 Å². The number of carbonyl (C=O) groups excluding carboxylic acids is 2. The van der Waals surface area contributed by atoms with Crippen LogP contribution in [0.3, 0.4) is 0 Å². The van der Waals surface area contributed by atoms with Crippen LogP contribution in [0, 0.1) is 17.2 Å². The standard InChI is InChI=1S/C22H23N3O4/c1-2-28-19-6-4-17(5-7-19)20(26)15-29-22(27)18-9-11-25(12-10-18)21-8-3-16(13-23)14-24-21/h3-8,14,18H,2,9-12,15H2,1H3. The zero-order valence-corrected chi connectivity index (χ0v) is 16.3. The lowest BCUT2D eigenvalue weighted by Gasteiger charge is -2.31.